The minimum Gasteiger partial charge on any atom is -0.492 e. The molecule has 2 aromatic rings. The molecule has 1 N–H and O–H groups in total. The molecule has 0 aliphatic carbocycles. The molecule has 86 valence electrons. The van der Waals surface area contributed by atoms with Gasteiger partial charge in [-0.05, 0) is 19.9 Å². The van der Waals surface area contributed by atoms with Crippen molar-refractivity contribution in [2.45, 2.75) is 20.5 Å². The number of hydrogen-bond acceptors (Lipinski definition) is 6. The normalized spacial score (nSPS) is 10.7. The Morgan fingerprint density at radius 3 is 3.00 bits per heavy atom. The molecule has 0 atom stereocenters. The van der Waals surface area contributed by atoms with E-state index >= 15 is 0 Å². The summed E-state index contributed by atoms with van der Waals surface area (Å²) in [6.07, 6.45) is 0. The second-order valence-electron chi connectivity index (χ2n) is 3.15. The average molecular weight is 240 g/mol. The molecule has 0 bridgehead atoms. The van der Waals surface area contributed by atoms with Crippen molar-refractivity contribution in [2.24, 2.45) is 0 Å². The van der Waals surface area contributed by atoms with Gasteiger partial charge in [0.15, 0.2) is 0 Å². The second kappa shape index (κ2) is 4.63. The highest BCUT2D eigenvalue weighted by atomic mass is 32.1. The Labute approximate surface area is 96.7 Å². The number of aliphatic hydroxyl groups is 1. The molecule has 0 aromatic carbocycles. The number of nitrogens with zero attached hydrogens (tertiary/aromatic N) is 2. The van der Waals surface area contributed by atoms with E-state index in [1.807, 2.05) is 19.9 Å². The smallest absolute Gasteiger partial charge is 0.252 e. The van der Waals surface area contributed by atoms with Gasteiger partial charge in [-0.2, -0.15) is 4.98 Å². The number of rotatable bonds is 4. The van der Waals surface area contributed by atoms with Crippen LogP contribution in [0.5, 0.6) is 5.75 Å². The molecule has 2 heterocycles. The summed E-state index contributed by atoms with van der Waals surface area (Å²) < 4.78 is 10.3. The van der Waals surface area contributed by atoms with Gasteiger partial charge in [0.2, 0.25) is 5.82 Å². The predicted molar refractivity (Wildman–Crippen MR) is 59.4 cm³/mol. The van der Waals surface area contributed by atoms with E-state index in [2.05, 4.69) is 10.1 Å². The topological polar surface area (TPSA) is 68.4 Å². The minimum atomic E-state index is -0.249. The van der Waals surface area contributed by atoms with E-state index < -0.39 is 0 Å². The summed E-state index contributed by atoms with van der Waals surface area (Å²) in [6, 6.07) is 1.94. The van der Waals surface area contributed by atoms with Gasteiger partial charge in [-0.3, -0.25) is 0 Å². The van der Waals surface area contributed by atoms with Crippen molar-refractivity contribution >= 4 is 11.3 Å². The van der Waals surface area contributed by atoms with E-state index in [1.54, 1.807) is 0 Å². The van der Waals surface area contributed by atoms with Crippen molar-refractivity contribution in [2.75, 3.05) is 6.61 Å². The van der Waals surface area contributed by atoms with Crippen molar-refractivity contribution in [3.63, 3.8) is 0 Å². The Hall–Kier alpha value is -1.40. The first-order valence-electron chi connectivity index (χ1n) is 4.91. The van der Waals surface area contributed by atoms with E-state index in [9.17, 15) is 0 Å². The van der Waals surface area contributed by atoms with Gasteiger partial charge in [0.25, 0.3) is 5.89 Å². The van der Waals surface area contributed by atoms with Gasteiger partial charge in [-0.25, -0.2) is 0 Å². The van der Waals surface area contributed by atoms with Crippen LogP contribution in [0.25, 0.3) is 10.7 Å². The molecule has 0 fully saturated rings. The van der Waals surface area contributed by atoms with E-state index in [-0.39, 0.29) is 12.5 Å². The largest absolute Gasteiger partial charge is 0.492 e. The number of hydrogen-bond donors (Lipinski definition) is 1. The van der Waals surface area contributed by atoms with Crippen LogP contribution in [-0.4, -0.2) is 21.9 Å². The molecule has 6 heteroatoms. The highest BCUT2D eigenvalue weighted by Gasteiger charge is 2.16. The molecule has 0 unspecified atom stereocenters. The lowest BCUT2D eigenvalue weighted by atomic mass is 10.4. The number of aromatic nitrogens is 2. The molecule has 0 spiro atoms. The second-order valence-corrected chi connectivity index (χ2v) is 4.41. The van der Waals surface area contributed by atoms with E-state index in [4.69, 9.17) is 14.4 Å². The third kappa shape index (κ3) is 2.07. The highest BCUT2D eigenvalue weighted by molar-refractivity contribution is 7.15. The zero-order valence-electron chi connectivity index (χ0n) is 9.06. The third-order valence-electron chi connectivity index (χ3n) is 1.93. The molecular formula is C10H12N2O3S. The van der Waals surface area contributed by atoms with E-state index in [0.29, 0.717) is 12.4 Å². The fourth-order valence-electron chi connectivity index (χ4n) is 1.32. The van der Waals surface area contributed by atoms with Gasteiger partial charge in [-0.1, -0.05) is 5.16 Å². The summed E-state index contributed by atoms with van der Waals surface area (Å²) in [6.45, 7) is 4.26. The molecule has 0 radical (unpaired) electrons. The summed E-state index contributed by atoms with van der Waals surface area (Å²) in [4.78, 5) is 6.01. The lowest BCUT2D eigenvalue weighted by molar-refractivity contribution is 0.222. The van der Waals surface area contributed by atoms with Crippen LogP contribution in [0.1, 0.15) is 17.7 Å². The zero-order valence-corrected chi connectivity index (χ0v) is 9.87. The van der Waals surface area contributed by atoms with Crippen molar-refractivity contribution in [1.82, 2.24) is 10.1 Å². The monoisotopic (exact) mass is 240 g/mol. The SMILES string of the molecule is CCOc1cc(C)sc1-c1noc(CO)n1. The lowest BCUT2D eigenvalue weighted by Crippen LogP contribution is -1.91. The maximum Gasteiger partial charge on any atom is 0.252 e. The molecule has 0 amide bonds. The summed E-state index contributed by atoms with van der Waals surface area (Å²) in [7, 11) is 0. The first kappa shape index (κ1) is 11.1. The maximum absolute atomic E-state index is 8.85. The molecule has 0 saturated carbocycles. The molecule has 5 nitrogen and oxygen atoms in total. The number of aryl methyl sites for hydroxylation is 1. The maximum atomic E-state index is 8.85. The van der Waals surface area contributed by atoms with Crippen LogP contribution >= 0.6 is 11.3 Å². The summed E-state index contributed by atoms with van der Waals surface area (Å²) in [5, 5.41) is 12.6. The Kier molecular flexibility index (Phi) is 3.21. The Morgan fingerprint density at radius 2 is 2.38 bits per heavy atom. The van der Waals surface area contributed by atoms with Gasteiger partial charge < -0.3 is 14.4 Å². The average Bonchev–Trinajstić information content (AvgIpc) is 2.85. The fourth-order valence-corrected chi connectivity index (χ4v) is 2.20. The molecule has 0 saturated heterocycles. The van der Waals surface area contributed by atoms with E-state index in [0.717, 1.165) is 15.5 Å². The Bertz CT molecular complexity index is 478. The van der Waals surface area contributed by atoms with Crippen LogP contribution in [0, 0.1) is 6.92 Å². The van der Waals surface area contributed by atoms with Gasteiger partial charge in [0.1, 0.15) is 17.2 Å². The van der Waals surface area contributed by atoms with E-state index in [1.165, 1.54) is 11.3 Å². The van der Waals surface area contributed by atoms with Crippen LogP contribution in [0.4, 0.5) is 0 Å². The van der Waals surface area contributed by atoms with Crippen LogP contribution in [0.2, 0.25) is 0 Å². The first-order chi connectivity index (χ1) is 7.74. The Morgan fingerprint density at radius 1 is 1.56 bits per heavy atom. The standard InChI is InChI=1S/C10H12N2O3S/c1-3-14-7-4-6(2)16-9(7)10-11-8(5-13)15-12-10/h4,13H,3,5H2,1-2H3. The van der Waals surface area contributed by atoms with Crippen molar-refractivity contribution in [3.05, 3.63) is 16.8 Å². The molecule has 16 heavy (non-hydrogen) atoms. The van der Waals surface area contributed by atoms with Gasteiger partial charge >= 0.3 is 0 Å². The van der Waals surface area contributed by atoms with Crippen molar-refractivity contribution < 1.29 is 14.4 Å². The number of thiophene rings is 1. The Balaban J connectivity index is 2.37. The highest BCUT2D eigenvalue weighted by Crippen LogP contribution is 2.36. The van der Waals surface area contributed by atoms with Gasteiger partial charge in [0.05, 0.1) is 6.61 Å². The summed E-state index contributed by atoms with van der Waals surface area (Å²) >= 11 is 1.54. The van der Waals surface area contributed by atoms with Crippen LogP contribution in [0.3, 0.4) is 0 Å². The zero-order chi connectivity index (χ0) is 11.5. The molecule has 0 aliphatic rings. The van der Waals surface area contributed by atoms with Crippen molar-refractivity contribution in [3.8, 4) is 16.5 Å². The number of ether oxygens (including phenoxy) is 1. The quantitative estimate of drug-likeness (QED) is 0.885. The summed E-state index contributed by atoms with van der Waals surface area (Å²) in [5.74, 6) is 1.43. The molecule has 0 aliphatic heterocycles. The van der Waals surface area contributed by atoms with Gasteiger partial charge in [-0.15, -0.1) is 11.3 Å². The third-order valence-corrected chi connectivity index (χ3v) is 2.96. The van der Waals surface area contributed by atoms with Crippen LogP contribution in [-0.2, 0) is 6.61 Å². The van der Waals surface area contributed by atoms with Gasteiger partial charge in [0, 0.05) is 4.88 Å². The molecular weight excluding hydrogens is 228 g/mol. The first-order valence-corrected chi connectivity index (χ1v) is 5.73. The fraction of sp³-hybridized carbons (Fsp3) is 0.400. The molecule has 2 rings (SSSR count). The lowest BCUT2D eigenvalue weighted by Gasteiger charge is -2.00. The van der Waals surface area contributed by atoms with Crippen molar-refractivity contribution in [1.29, 1.82) is 0 Å². The van der Waals surface area contributed by atoms with Crippen LogP contribution in [0.15, 0.2) is 10.6 Å². The predicted octanol–water partition coefficient (Wildman–Crippen LogP) is 2.00. The minimum absolute atomic E-state index is 0.212. The summed E-state index contributed by atoms with van der Waals surface area (Å²) in [5.41, 5.74) is 0. The number of aliphatic hydroxyl groups excluding tert-OH is 1. The molecule has 2 aromatic heterocycles. The van der Waals surface area contributed by atoms with Crippen LogP contribution < -0.4 is 4.74 Å².